The molecule has 2 aromatic rings. The van der Waals surface area contributed by atoms with Gasteiger partial charge in [-0.15, -0.1) is 0 Å². The van der Waals surface area contributed by atoms with E-state index in [2.05, 4.69) is 4.98 Å². The van der Waals surface area contributed by atoms with Crippen LogP contribution in [0.25, 0.3) is 0 Å². The van der Waals surface area contributed by atoms with E-state index in [4.69, 9.17) is 10.5 Å². The number of nitrogens with zero attached hydrogens (tertiary/aromatic N) is 2. The van der Waals surface area contributed by atoms with E-state index >= 15 is 0 Å². The smallest absolute Gasteiger partial charge is 0.170 e. The van der Waals surface area contributed by atoms with Crippen LogP contribution in [-0.4, -0.2) is 16.7 Å². The summed E-state index contributed by atoms with van der Waals surface area (Å²) >= 11 is 0. The lowest BCUT2D eigenvalue weighted by molar-refractivity contribution is 0.383. The van der Waals surface area contributed by atoms with Gasteiger partial charge in [0.2, 0.25) is 0 Å². The molecule has 2 N–H and O–H groups in total. The molecule has 0 radical (unpaired) electrons. The van der Waals surface area contributed by atoms with Crippen molar-refractivity contribution in [2.45, 2.75) is 20.0 Å². The maximum absolute atomic E-state index is 14.0. The summed E-state index contributed by atoms with van der Waals surface area (Å²) in [7, 11) is 1.45. The zero-order valence-electron chi connectivity index (χ0n) is 10.5. The Kier molecular flexibility index (Phi) is 3.62. The average molecular weight is 249 g/mol. The summed E-state index contributed by atoms with van der Waals surface area (Å²) in [5, 5.41) is 0. The van der Waals surface area contributed by atoms with Gasteiger partial charge in [0.15, 0.2) is 11.6 Å². The molecule has 0 aliphatic heterocycles. The minimum Gasteiger partial charge on any atom is -0.494 e. The summed E-state index contributed by atoms with van der Waals surface area (Å²) < 4.78 is 20.9. The normalized spacial score (nSPS) is 10.7. The minimum absolute atomic E-state index is 0.250. The molecule has 0 saturated heterocycles. The highest BCUT2D eigenvalue weighted by atomic mass is 19.1. The second kappa shape index (κ2) is 5.18. The molecule has 96 valence electrons. The van der Waals surface area contributed by atoms with Crippen LogP contribution in [0.15, 0.2) is 24.4 Å². The van der Waals surface area contributed by atoms with Crippen molar-refractivity contribution in [2.75, 3.05) is 7.11 Å². The third-order valence-corrected chi connectivity index (χ3v) is 2.94. The first-order chi connectivity index (χ1) is 8.67. The van der Waals surface area contributed by atoms with Crippen molar-refractivity contribution in [3.05, 3.63) is 47.3 Å². The summed E-state index contributed by atoms with van der Waals surface area (Å²) in [6, 6.07) is 5.10. The van der Waals surface area contributed by atoms with Gasteiger partial charge < -0.3 is 15.0 Å². The predicted octanol–water partition coefficient (Wildman–Crippen LogP) is 1.85. The van der Waals surface area contributed by atoms with Crippen LogP contribution in [0.5, 0.6) is 5.75 Å². The maximum atomic E-state index is 14.0. The van der Waals surface area contributed by atoms with Crippen molar-refractivity contribution in [3.8, 4) is 5.75 Å². The Bertz CT molecular complexity index is 551. The summed E-state index contributed by atoms with van der Waals surface area (Å²) in [4.78, 5) is 4.19. The van der Waals surface area contributed by atoms with Crippen molar-refractivity contribution in [3.63, 3.8) is 0 Å². The topological polar surface area (TPSA) is 53.1 Å². The molecule has 1 aromatic carbocycles. The molecule has 0 aliphatic carbocycles. The number of ether oxygens (including phenoxy) is 1. The molecule has 0 unspecified atom stereocenters. The lowest BCUT2D eigenvalue weighted by atomic mass is 10.2. The predicted molar refractivity (Wildman–Crippen MR) is 66.9 cm³/mol. The van der Waals surface area contributed by atoms with Crippen LogP contribution < -0.4 is 10.5 Å². The van der Waals surface area contributed by atoms with Crippen molar-refractivity contribution in [2.24, 2.45) is 5.73 Å². The molecule has 1 aromatic heterocycles. The molecule has 1 heterocycles. The SMILES string of the molecule is COc1cccc(Cn2c(CN)cnc2C)c1F. The lowest BCUT2D eigenvalue weighted by Crippen LogP contribution is -2.11. The van der Waals surface area contributed by atoms with Crippen LogP contribution in [0.1, 0.15) is 17.1 Å². The van der Waals surface area contributed by atoms with Crippen LogP contribution in [-0.2, 0) is 13.1 Å². The zero-order chi connectivity index (χ0) is 13.1. The van der Waals surface area contributed by atoms with Gasteiger partial charge in [-0.3, -0.25) is 0 Å². The third-order valence-electron chi connectivity index (χ3n) is 2.94. The summed E-state index contributed by atoms with van der Waals surface area (Å²) in [6.07, 6.45) is 1.72. The molecule has 0 saturated carbocycles. The summed E-state index contributed by atoms with van der Waals surface area (Å²) in [6.45, 7) is 2.66. The van der Waals surface area contributed by atoms with Crippen molar-refractivity contribution >= 4 is 0 Å². The fraction of sp³-hybridized carbons (Fsp3) is 0.308. The van der Waals surface area contributed by atoms with Gasteiger partial charge in [0.05, 0.1) is 19.3 Å². The number of nitrogens with two attached hydrogens (primary N) is 1. The Balaban J connectivity index is 2.37. The molecule has 0 atom stereocenters. The number of aromatic nitrogens is 2. The Hall–Kier alpha value is -1.88. The van der Waals surface area contributed by atoms with Crippen LogP contribution in [0, 0.1) is 12.7 Å². The molecule has 2 rings (SSSR count). The number of aryl methyl sites for hydroxylation is 1. The summed E-state index contributed by atoms with van der Waals surface area (Å²) in [5.41, 5.74) is 7.08. The van der Waals surface area contributed by atoms with Crippen molar-refractivity contribution in [1.82, 2.24) is 9.55 Å². The van der Waals surface area contributed by atoms with Crippen LogP contribution >= 0.6 is 0 Å². The van der Waals surface area contributed by atoms with Crippen molar-refractivity contribution < 1.29 is 9.13 Å². The quantitative estimate of drug-likeness (QED) is 0.899. The van der Waals surface area contributed by atoms with E-state index in [9.17, 15) is 4.39 Å². The monoisotopic (exact) mass is 249 g/mol. The van der Waals surface area contributed by atoms with Gasteiger partial charge in [0.1, 0.15) is 5.82 Å². The molecule has 0 amide bonds. The first-order valence-electron chi connectivity index (χ1n) is 5.69. The molecular weight excluding hydrogens is 233 g/mol. The number of imidazole rings is 1. The van der Waals surface area contributed by atoms with E-state index in [0.717, 1.165) is 11.5 Å². The molecule has 18 heavy (non-hydrogen) atoms. The zero-order valence-corrected chi connectivity index (χ0v) is 10.5. The number of hydrogen-bond donors (Lipinski definition) is 1. The number of methoxy groups -OCH3 is 1. The number of hydrogen-bond acceptors (Lipinski definition) is 3. The Morgan fingerprint density at radius 1 is 1.44 bits per heavy atom. The highest BCUT2D eigenvalue weighted by molar-refractivity contribution is 5.31. The van der Waals surface area contributed by atoms with Gasteiger partial charge in [0.25, 0.3) is 0 Å². The fourth-order valence-corrected chi connectivity index (χ4v) is 1.90. The van der Waals surface area contributed by atoms with Gasteiger partial charge >= 0.3 is 0 Å². The molecule has 0 aliphatic rings. The van der Waals surface area contributed by atoms with E-state index in [1.807, 2.05) is 11.5 Å². The van der Waals surface area contributed by atoms with E-state index in [-0.39, 0.29) is 11.6 Å². The molecule has 4 nitrogen and oxygen atoms in total. The van der Waals surface area contributed by atoms with Gasteiger partial charge in [0, 0.05) is 18.3 Å². The minimum atomic E-state index is -0.337. The highest BCUT2D eigenvalue weighted by Crippen LogP contribution is 2.21. The first-order valence-corrected chi connectivity index (χ1v) is 5.69. The molecule has 5 heteroatoms. The Morgan fingerprint density at radius 3 is 2.89 bits per heavy atom. The molecular formula is C13H16FN3O. The van der Waals surface area contributed by atoms with Crippen LogP contribution in [0.4, 0.5) is 4.39 Å². The van der Waals surface area contributed by atoms with E-state index in [0.29, 0.717) is 18.7 Å². The van der Waals surface area contributed by atoms with Crippen molar-refractivity contribution in [1.29, 1.82) is 0 Å². The third kappa shape index (κ3) is 2.22. The fourth-order valence-electron chi connectivity index (χ4n) is 1.90. The lowest BCUT2D eigenvalue weighted by Gasteiger charge is -2.11. The van der Waals surface area contributed by atoms with Crippen LogP contribution in [0.2, 0.25) is 0 Å². The Labute approximate surface area is 105 Å². The number of rotatable bonds is 4. The average Bonchev–Trinajstić information content (AvgIpc) is 2.73. The first kappa shape index (κ1) is 12.6. The maximum Gasteiger partial charge on any atom is 0.170 e. The number of halogens is 1. The molecule has 0 spiro atoms. The molecule has 0 fully saturated rings. The van der Waals surface area contributed by atoms with Crippen LogP contribution in [0.3, 0.4) is 0 Å². The number of benzene rings is 1. The largest absolute Gasteiger partial charge is 0.494 e. The standard InChI is InChI=1S/C13H16FN3O/c1-9-16-7-11(6-15)17(9)8-10-4-3-5-12(18-2)13(10)14/h3-5,7H,6,8,15H2,1-2H3. The second-order valence-corrected chi connectivity index (χ2v) is 4.02. The van der Waals surface area contributed by atoms with E-state index in [1.54, 1.807) is 24.4 Å². The second-order valence-electron chi connectivity index (χ2n) is 4.02. The van der Waals surface area contributed by atoms with E-state index < -0.39 is 0 Å². The summed E-state index contributed by atoms with van der Waals surface area (Å²) in [5.74, 6) is 0.730. The van der Waals surface area contributed by atoms with E-state index in [1.165, 1.54) is 7.11 Å². The van der Waals surface area contributed by atoms with Gasteiger partial charge in [-0.2, -0.15) is 0 Å². The van der Waals surface area contributed by atoms with Gasteiger partial charge in [-0.05, 0) is 13.0 Å². The molecule has 0 bridgehead atoms. The van der Waals surface area contributed by atoms with Gasteiger partial charge in [-0.25, -0.2) is 9.37 Å². The van der Waals surface area contributed by atoms with Gasteiger partial charge in [-0.1, -0.05) is 12.1 Å². The highest BCUT2D eigenvalue weighted by Gasteiger charge is 2.11. The Morgan fingerprint density at radius 2 is 2.22 bits per heavy atom.